The van der Waals surface area contributed by atoms with Crippen LogP contribution in [0, 0.1) is 0 Å². The number of aromatic nitrogens is 3. The molecule has 3 fully saturated rings. The number of hydrogen-bond acceptors (Lipinski definition) is 10. The lowest BCUT2D eigenvalue weighted by atomic mass is 9.98. The molecule has 0 spiro atoms. The Morgan fingerprint density at radius 2 is 1.44 bits per heavy atom. The molecule has 3 aromatic carbocycles. The minimum atomic E-state index is -0.978. The molecule has 1 N–H and O–H groups in total. The van der Waals surface area contributed by atoms with Gasteiger partial charge in [-0.2, -0.15) is 5.10 Å². The van der Waals surface area contributed by atoms with Gasteiger partial charge < -0.3 is 9.64 Å². The summed E-state index contributed by atoms with van der Waals surface area (Å²) in [6, 6.07) is 22.5. The molecule has 5 aliphatic rings. The van der Waals surface area contributed by atoms with E-state index >= 15 is 0 Å². The van der Waals surface area contributed by atoms with Crippen molar-refractivity contribution >= 4 is 35.1 Å². The van der Waals surface area contributed by atoms with Crippen LogP contribution in [0.25, 0.3) is 28.1 Å². The molecule has 6 heterocycles. The zero-order valence-corrected chi connectivity index (χ0v) is 29.7. The number of rotatable bonds is 8. The number of likely N-dealkylation sites (tertiary alicyclic amines) is 1. The normalized spacial score (nSPS) is 20.0. The lowest BCUT2D eigenvalue weighted by Crippen LogP contribution is -2.67. The Hall–Kier alpha value is -6.47. The molecule has 2 aromatic heterocycles. The maximum absolute atomic E-state index is 13.3. The molecular formula is C42H35N7O6. The van der Waals surface area contributed by atoms with E-state index in [9.17, 15) is 24.0 Å². The van der Waals surface area contributed by atoms with E-state index in [1.165, 1.54) is 0 Å². The first-order valence-electron chi connectivity index (χ1n) is 18.6. The van der Waals surface area contributed by atoms with Gasteiger partial charge in [-0.05, 0) is 78.6 Å². The van der Waals surface area contributed by atoms with E-state index in [0.717, 1.165) is 88.1 Å². The fraction of sp³-hybridized carbons (Fsp3) is 0.262. The van der Waals surface area contributed by atoms with Crippen LogP contribution in [0.2, 0.25) is 0 Å². The summed E-state index contributed by atoms with van der Waals surface area (Å²) in [7, 11) is 0. The highest BCUT2D eigenvalue weighted by atomic mass is 16.5. The zero-order chi connectivity index (χ0) is 37.4. The van der Waals surface area contributed by atoms with Crippen molar-refractivity contribution in [3.63, 3.8) is 0 Å². The fourth-order valence-corrected chi connectivity index (χ4v) is 8.33. The van der Waals surface area contributed by atoms with Gasteiger partial charge >= 0.3 is 0 Å². The molecule has 274 valence electrons. The number of amides is 4. The number of imide groups is 2. The van der Waals surface area contributed by atoms with E-state index in [2.05, 4.69) is 26.2 Å². The minimum absolute atomic E-state index is 0.0723. The van der Waals surface area contributed by atoms with Gasteiger partial charge in [0.1, 0.15) is 23.6 Å². The third-order valence-electron chi connectivity index (χ3n) is 11.5. The van der Waals surface area contributed by atoms with Gasteiger partial charge in [-0.15, -0.1) is 0 Å². The number of fused-ring (bicyclic) bond motifs is 2. The van der Waals surface area contributed by atoms with Crippen molar-refractivity contribution in [2.75, 3.05) is 31.1 Å². The number of pyridine rings is 1. The monoisotopic (exact) mass is 733 g/mol. The Kier molecular flexibility index (Phi) is 7.73. The maximum atomic E-state index is 13.3. The number of Topliss-reactive ketones (excluding diaryl/α,β-unsaturated/α-hetero) is 1. The number of carbonyl (C=O) groups excluding carboxylic acids is 5. The van der Waals surface area contributed by atoms with Crippen LogP contribution in [0.5, 0.6) is 5.75 Å². The van der Waals surface area contributed by atoms with Crippen molar-refractivity contribution in [1.29, 1.82) is 0 Å². The Bertz CT molecular complexity index is 2430. The maximum Gasteiger partial charge on any atom is 0.262 e. The first-order valence-corrected chi connectivity index (χ1v) is 18.6. The number of carbonyl (C=O) groups is 5. The van der Waals surface area contributed by atoms with Gasteiger partial charge in [-0.3, -0.25) is 44.1 Å². The van der Waals surface area contributed by atoms with Crippen molar-refractivity contribution in [2.45, 2.75) is 43.9 Å². The molecule has 4 aliphatic heterocycles. The third kappa shape index (κ3) is 5.70. The smallest absolute Gasteiger partial charge is 0.262 e. The SMILES string of the molecule is O=C1CCC(N2C(=O)c3ccc(N4CC(N5CC(Oc6ccc(-n7cc(-c8ccc9c(c8)CCC9=O)c(-c8ccncc8)n7)cc6)C5)C4)cc3C2=O)C(=O)N1. The molecule has 13 heteroatoms. The van der Waals surface area contributed by atoms with E-state index in [4.69, 9.17) is 9.84 Å². The Morgan fingerprint density at radius 3 is 2.22 bits per heavy atom. The Balaban J connectivity index is 0.761. The summed E-state index contributed by atoms with van der Waals surface area (Å²) < 4.78 is 8.20. The van der Waals surface area contributed by atoms with Crippen molar-refractivity contribution < 1.29 is 28.7 Å². The number of anilines is 1. The molecule has 5 aromatic rings. The van der Waals surface area contributed by atoms with E-state index in [1.54, 1.807) is 24.5 Å². The molecule has 0 radical (unpaired) electrons. The van der Waals surface area contributed by atoms with Crippen LogP contribution in [-0.2, 0) is 16.0 Å². The lowest BCUT2D eigenvalue weighted by Gasteiger charge is -2.52. The van der Waals surface area contributed by atoms with Crippen molar-refractivity contribution in [1.82, 2.24) is 29.9 Å². The standard InChI is InChI=1S/C42H35N7O6/c50-37-11-2-25-17-26(1-8-32(25)37)35-23-48(45-39(35)24-13-15-43-16-14-24)27-3-6-30(7-4-27)55-31-21-47(22-31)29-19-46(20-29)28-5-9-33-34(18-28)42(54)49(41(33)53)36-10-12-38(51)44-40(36)52/h1,3-9,13-18,23,29,31,36H,2,10-12,19-22H2,(H,44,51,52). The summed E-state index contributed by atoms with van der Waals surface area (Å²) in [6.07, 6.45) is 7.17. The fourth-order valence-electron chi connectivity index (χ4n) is 8.33. The molecule has 0 bridgehead atoms. The molecule has 0 saturated carbocycles. The highest BCUT2D eigenvalue weighted by molar-refractivity contribution is 6.23. The second kappa shape index (κ2) is 12.8. The Labute approximate surface area is 315 Å². The molecule has 13 nitrogen and oxygen atoms in total. The highest BCUT2D eigenvalue weighted by Crippen LogP contribution is 2.36. The van der Waals surface area contributed by atoms with Crippen LogP contribution >= 0.6 is 0 Å². The third-order valence-corrected chi connectivity index (χ3v) is 11.5. The van der Waals surface area contributed by atoms with Gasteiger partial charge in [0.15, 0.2) is 5.78 Å². The van der Waals surface area contributed by atoms with Gasteiger partial charge in [-0.25, -0.2) is 4.68 Å². The molecule has 3 saturated heterocycles. The summed E-state index contributed by atoms with van der Waals surface area (Å²) in [5, 5.41) is 7.22. The summed E-state index contributed by atoms with van der Waals surface area (Å²) in [5.41, 5.74) is 8.03. The van der Waals surface area contributed by atoms with E-state index in [1.807, 2.05) is 65.5 Å². The van der Waals surface area contributed by atoms with E-state index in [-0.39, 0.29) is 30.3 Å². The number of nitrogens with one attached hydrogen (secondary N) is 1. The van der Waals surface area contributed by atoms with Crippen LogP contribution < -0.4 is 15.0 Å². The quantitative estimate of drug-likeness (QED) is 0.232. The first kappa shape index (κ1) is 33.1. The minimum Gasteiger partial charge on any atom is -0.488 e. The van der Waals surface area contributed by atoms with Crippen molar-refractivity contribution in [3.8, 4) is 33.8 Å². The average Bonchev–Trinajstić information content (AvgIpc) is 3.84. The second-order valence-electron chi connectivity index (χ2n) is 14.8. The highest BCUT2D eigenvalue weighted by Gasteiger charge is 2.46. The first-order chi connectivity index (χ1) is 26.8. The zero-order valence-electron chi connectivity index (χ0n) is 29.7. The largest absolute Gasteiger partial charge is 0.488 e. The number of hydrogen-bond donors (Lipinski definition) is 1. The molecule has 1 atom stereocenters. The second-order valence-corrected chi connectivity index (χ2v) is 14.8. The predicted octanol–water partition coefficient (Wildman–Crippen LogP) is 4.08. The molecule has 4 amide bonds. The van der Waals surface area contributed by atoms with Crippen molar-refractivity contribution in [2.24, 2.45) is 0 Å². The summed E-state index contributed by atoms with van der Waals surface area (Å²) in [4.78, 5) is 72.3. The molecule has 10 rings (SSSR count). The van der Waals surface area contributed by atoms with Gasteiger partial charge in [0.2, 0.25) is 11.8 Å². The van der Waals surface area contributed by atoms with E-state index < -0.39 is 29.7 Å². The molecular weight excluding hydrogens is 699 g/mol. The van der Waals surface area contributed by atoms with Gasteiger partial charge in [0.05, 0.1) is 16.8 Å². The average molecular weight is 734 g/mol. The summed E-state index contributed by atoms with van der Waals surface area (Å²) >= 11 is 0. The summed E-state index contributed by atoms with van der Waals surface area (Å²) in [5.74, 6) is -1.02. The van der Waals surface area contributed by atoms with Gasteiger partial charge in [0.25, 0.3) is 11.8 Å². The van der Waals surface area contributed by atoms with E-state index in [0.29, 0.717) is 18.0 Å². The van der Waals surface area contributed by atoms with Crippen LogP contribution in [0.3, 0.4) is 0 Å². The predicted molar refractivity (Wildman–Crippen MR) is 200 cm³/mol. The number of ether oxygens (including phenoxy) is 1. The number of ketones is 1. The number of nitrogens with zero attached hydrogens (tertiary/aromatic N) is 6. The molecule has 1 aliphatic carbocycles. The molecule has 55 heavy (non-hydrogen) atoms. The van der Waals surface area contributed by atoms with Gasteiger partial charge in [0, 0.05) is 86.0 Å². The van der Waals surface area contributed by atoms with Crippen LogP contribution in [0.15, 0.2) is 91.4 Å². The number of aryl methyl sites for hydroxylation is 1. The summed E-state index contributed by atoms with van der Waals surface area (Å²) in [6.45, 7) is 3.19. The van der Waals surface area contributed by atoms with Crippen molar-refractivity contribution in [3.05, 3.63) is 114 Å². The van der Waals surface area contributed by atoms with Crippen LogP contribution in [-0.4, -0.2) is 98.3 Å². The number of benzene rings is 3. The lowest BCUT2D eigenvalue weighted by molar-refractivity contribution is -0.136. The van der Waals surface area contributed by atoms with Crippen LogP contribution in [0.1, 0.15) is 55.9 Å². The Morgan fingerprint density at radius 1 is 0.691 bits per heavy atom. The topological polar surface area (TPSA) is 147 Å². The number of piperidine rings is 1. The van der Waals surface area contributed by atoms with Crippen LogP contribution in [0.4, 0.5) is 5.69 Å². The molecule has 1 unspecified atom stereocenters. The van der Waals surface area contributed by atoms with Gasteiger partial charge in [-0.1, -0.05) is 18.2 Å².